The van der Waals surface area contributed by atoms with Crippen molar-refractivity contribution in [2.45, 2.75) is 185 Å². The number of alkyl halides is 2. The number of carbonyl (C=O) groups is 8. The molecule has 506 valence electrons. The maximum atomic E-state index is 16.0. The van der Waals surface area contributed by atoms with Gasteiger partial charge in [0.25, 0.3) is 17.7 Å². The number of nitrogens with zero attached hydrogens (tertiary/aromatic N) is 5. The molecule has 2 aliphatic carbocycles. The Kier molecular flexibility index (Phi) is 26.3. The fraction of sp³-hybridized carbons (Fsp3) is 0.623. The van der Waals surface area contributed by atoms with E-state index in [0.29, 0.717) is 39.5 Å². The van der Waals surface area contributed by atoms with E-state index >= 15 is 4.39 Å². The summed E-state index contributed by atoms with van der Waals surface area (Å²) >= 11 is 0. The van der Waals surface area contributed by atoms with Gasteiger partial charge in [-0.3, -0.25) is 19.2 Å². The molecule has 92 heavy (non-hydrogen) atoms. The van der Waals surface area contributed by atoms with E-state index in [0.717, 1.165) is 81.5 Å². The SMILES string of the molecule is CN[C@@H](CC(C)(C)F)C(=O)O[C@H](CCc1ccc(N2CCOCC2)cc1)C(=O)N(C)[C@@H](CC1CC1)C(=O)O[C@H](C)C(=O)N(C)[C@@H](CC(C)(C)F)C(=O)O[C@H](CCc1ccc(N2CCOCC2)cc1)C(=O)N(C)[C@@H](CC1CC1)C(=O)O[C@H](C)C(=O)OCc1ccccc1. The summed E-state index contributed by atoms with van der Waals surface area (Å²) in [4.78, 5) is 122. The van der Waals surface area contributed by atoms with Crippen LogP contribution in [0.2, 0.25) is 0 Å². The lowest BCUT2D eigenvalue weighted by molar-refractivity contribution is -0.176. The maximum Gasteiger partial charge on any atom is 0.347 e. The number of anilines is 2. The highest BCUT2D eigenvalue weighted by Crippen LogP contribution is 2.37. The maximum absolute atomic E-state index is 16.0. The third kappa shape index (κ3) is 22.2. The first kappa shape index (κ1) is 72.2. The van der Waals surface area contributed by atoms with Crippen molar-refractivity contribution < 1.29 is 80.3 Å². The molecule has 0 aromatic heterocycles. The highest BCUT2D eigenvalue weighted by atomic mass is 19.1. The van der Waals surface area contributed by atoms with Gasteiger partial charge in [0.15, 0.2) is 24.4 Å². The second kappa shape index (κ2) is 33.6. The van der Waals surface area contributed by atoms with Crippen molar-refractivity contribution in [3.8, 4) is 0 Å². The van der Waals surface area contributed by atoms with Crippen molar-refractivity contribution in [2.24, 2.45) is 11.8 Å². The number of nitrogens with one attached hydrogen (secondary N) is 1. The first-order valence-electron chi connectivity index (χ1n) is 32.4. The van der Waals surface area contributed by atoms with Gasteiger partial charge in [-0.05, 0) is 140 Å². The summed E-state index contributed by atoms with van der Waals surface area (Å²) in [5.41, 5.74) is 0.446. The van der Waals surface area contributed by atoms with E-state index in [1.54, 1.807) is 24.3 Å². The monoisotopic (exact) mass is 1290 g/mol. The lowest BCUT2D eigenvalue weighted by atomic mass is 9.99. The van der Waals surface area contributed by atoms with Crippen LogP contribution < -0.4 is 15.1 Å². The van der Waals surface area contributed by atoms with Crippen molar-refractivity contribution >= 4 is 58.9 Å². The number of hydrogen-bond acceptors (Lipinski definition) is 18. The van der Waals surface area contributed by atoms with Crippen LogP contribution in [0.1, 0.15) is 122 Å². The molecule has 23 heteroatoms. The number of carbonyl (C=O) groups excluding carboxylic acids is 8. The van der Waals surface area contributed by atoms with Crippen LogP contribution in [0.3, 0.4) is 0 Å². The van der Waals surface area contributed by atoms with Gasteiger partial charge < -0.3 is 63.0 Å². The Morgan fingerprint density at radius 3 is 1.34 bits per heavy atom. The molecule has 0 bridgehead atoms. The largest absolute Gasteiger partial charge is 0.458 e. The van der Waals surface area contributed by atoms with E-state index in [1.807, 2.05) is 54.6 Å². The molecule has 3 amide bonds. The van der Waals surface area contributed by atoms with E-state index in [4.69, 9.17) is 33.2 Å². The van der Waals surface area contributed by atoms with E-state index < -0.39 is 114 Å². The van der Waals surface area contributed by atoms with Crippen LogP contribution in [0, 0.1) is 11.8 Å². The molecule has 4 aliphatic rings. The summed E-state index contributed by atoms with van der Waals surface area (Å²) < 4.78 is 71.0. The standard InChI is InChI=1S/C69H96F2N6O15/c1-45(89-65(83)55(40-49-16-17-49)73(8)61(79)58(91-64(82)54(72-7)42-68(3,4)70)30-24-47-20-26-52(27-21-47)76-32-36-86-37-33-76)60(78)75(10)57(43-69(5,6)71)67(85)92-59(31-25-48-22-28-53(29-23-48)77-34-38-87-39-35-77)62(80)74(9)56(41-50-18-19-50)66(84)90-46(2)63(81)88-44-51-14-12-11-13-15-51/h11-15,20-23,26-29,45-46,49-50,54-59,72H,16-19,24-25,30-44H2,1-10H3/t45-,46-,54+,55+,56+,57+,58-,59-/m1/s1. The third-order valence-corrected chi connectivity index (χ3v) is 17.3. The molecule has 2 aliphatic heterocycles. The number of aryl methyl sites for hydroxylation is 2. The van der Waals surface area contributed by atoms with Gasteiger partial charge in [0.2, 0.25) is 0 Å². The van der Waals surface area contributed by atoms with Gasteiger partial charge in [0.05, 0.1) is 26.4 Å². The molecule has 2 heterocycles. The van der Waals surface area contributed by atoms with Crippen molar-refractivity contribution in [1.29, 1.82) is 0 Å². The number of ether oxygens (including phenoxy) is 7. The number of rotatable bonds is 34. The summed E-state index contributed by atoms with van der Waals surface area (Å²) in [5, 5.41) is 2.80. The van der Waals surface area contributed by atoms with E-state index in [-0.39, 0.29) is 63.4 Å². The van der Waals surface area contributed by atoms with Gasteiger partial charge >= 0.3 is 29.8 Å². The fourth-order valence-corrected chi connectivity index (χ4v) is 11.3. The number of likely N-dealkylation sites (N-methyl/N-ethyl adjacent to an activating group) is 4. The second-order valence-corrected chi connectivity index (χ2v) is 26.2. The highest BCUT2D eigenvalue weighted by molar-refractivity contribution is 5.93. The summed E-state index contributed by atoms with van der Waals surface area (Å²) in [7, 11) is 5.49. The molecule has 0 unspecified atom stereocenters. The number of amides is 3. The quantitative estimate of drug-likeness (QED) is 0.0457. The average molecular weight is 1290 g/mol. The topological polar surface area (TPSA) is 229 Å². The molecule has 2 saturated heterocycles. The molecule has 1 N–H and O–H groups in total. The molecule has 2 saturated carbocycles. The van der Waals surface area contributed by atoms with Crippen LogP contribution >= 0.6 is 0 Å². The first-order chi connectivity index (χ1) is 43.7. The van der Waals surface area contributed by atoms with Crippen LogP contribution in [-0.2, 0) is 91.0 Å². The van der Waals surface area contributed by atoms with Crippen LogP contribution in [-0.4, -0.2) is 203 Å². The smallest absolute Gasteiger partial charge is 0.347 e. The Morgan fingerprint density at radius 2 is 0.924 bits per heavy atom. The Bertz CT molecular complexity index is 2930. The predicted octanol–water partition coefficient (Wildman–Crippen LogP) is 7.30. The number of esters is 5. The number of benzene rings is 3. The molecular weight excluding hydrogens is 1190 g/mol. The van der Waals surface area contributed by atoms with Crippen LogP contribution in [0.5, 0.6) is 0 Å². The van der Waals surface area contributed by atoms with Gasteiger partial charge in [-0.2, -0.15) is 0 Å². The van der Waals surface area contributed by atoms with E-state index in [2.05, 4.69) is 15.1 Å². The van der Waals surface area contributed by atoms with E-state index in [1.165, 1.54) is 69.7 Å². The average Bonchev–Trinajstić information content (AvgIpc) is 1.19. The lowest BCUT2D eigenvalue weighted by Gasteiger charge is -2.34. The zero-order chi connectivity index (χ0) is 66.9. The molecular formula is C69H96F2N6O15. The summed E-state index contributed by atoms with van der Waals surface area (Å²) in [6.07, 6.45) is -3.09. The molecule has 8 atom stereocenters. The molecule has 0 radical (unpaired) electrons. The number of morpholine rings is 2. The Hall–Kier alpha value is -7.24. The Labute approximate surface area is 540 Å². The molecule has 3 aromatic carbocycles. The zero-order valence-electron chi connectivity index (χ0n) is 55.2. The van der Waals surface area contributed by atoms with Gasteiger partial charge in [0.1, 0.15) is 42.1 Å². The second-order valence-electron chi connectivity index (χ2n) is 26.2. The Balaban J connectivity index is 1.08. The summed E-state index contributed by atoms with van der Waals surface area (Å²) in [6, 6.07) is 19.1. The minimum Gasteiger partial charge on any atom is -0.458 e. The van der Waals surface area contributed by atoms with Crippen molar-refractivity contribution in [1.82, 2.24) is 20.0 Å². The first-order valence-corrected chi connectivity index (χ1v) is 32.4. The van der Waals surface area contributed by atoms with Crippen molar-refractivity contribution in [3.63, 3.8) is 0 Å². The van der Waals surface area contributed by atoms with Crippen molar-refractivity contribution in [2.75, 3.05) is 90.6 Å². The lowest BCUT2D eigenvalue weighted by Crippen LogP contribution is -2.54. The molecule has 4 fully saturated rings. The number of hydrogen-bond donors (Lipinski definition) is 1. The molecule has 7 rings (SSSR count). The van der Waals surface area contributed by atoms with E-state index in [9.17, 15) is 42.7 Å². The summed E-state index contributed by atoms with van der Waals surface area (Å²) in [6.45, 7) is 13.0. The Morgan fingerprint density at radius 1 is 0.522 bits per heavy atom. The number of halogens is 2. The minimum absolute atomic E-state index is 0.000519. The van der Waals surface area contributed by atoms with Gasteiger partial charge in [-0.1, -0.05) is 80.3 Å². The molecule has 21 nitrogen and oxygen atoms in total. The minimum atomic E-state index is -2.12. The zero-order valence-corrected chi connectivity index (χ0v) is 55.2. The third-order valence-electron chi connectivity index (χ3n) is 17.3. The van der Waals surface area contributed by atoms with Gasteiger partial charge in [-0.25, -0.2) is 28.0 Å². The van der Waals surface area contributed by atoms with Crippen LogP contribution in [0.15, 0.2) is 78.9 Å². The predicted molar refractivity (Wildman–Crippen MR) is 340 cm³/mol. The molecule has 3 aromatic rings. The summed E-state index contributed by atoms with van der Waals surface area (Å²) in [5.74, 6) is -7.03. The van der Waals surface area contributed by atoms with Gasteiger partial charge in [-0.15, -0.1) is 0 Å². The fourth-order valence-electron chi connectivity index (χ4n) is 11.3. The van der Waals surface area contributed by atoms with Crippen LogP contribution in [0.4, 0.5) is 20.2 Å². The van der Waals surface area contributed by atoms with Crippen LogP contribution in [0.25, 0.3) is 0 Å². The van der Waals surface area contributed by atoms with Crippen molar-refractivity contribution in [3.05, 3.63) is 95.6 Å². The normalized spacial score (nSPS) is 17.9. The molecule has 0 spiro atoms. The highest BCUT2D eigenvalue weighted by Gasteiger charge is 2.44. The van der Waals surface area contributed by atoms with Gasteiger partial charge in [0, 0.05) is 71.5 Å².